The number of nitrogens with one attached hydrogen (secondary N) is 1. The van der Waals surface area contributed by atoms with E-state index in [4.69, 9.17) is 18.9 Å². The molecule has 6 heteroatoms. The molecule has 5 rings (SSSR count). The highest BCUT2D eigenvalue weighted by atomic mass is 16.6. The van der Waals surface area contributed by atoms with E-state index in [0.29, 0.717) is 32.8 Å². The third-order valence-corrected chi connectivity index (χ3v) is 8.51. The van der Waals surface area contributed by atoms with Gasteiger partial charge in [-0.05, 0) is 34.2 Å². The Bertz CT molecular complexity index is 1610. The molecule has 0 amide bonds. The summed E-state index contributed by atoms with van der Waals surface area (Å²) >= 11 is 0. The zero-order valence-corrected chi connectivity index (χ0v) is 28.6. The van der Waals surface area contributed by atoms with Gasteiger partial charge in [0.25, 0.3) is 0 Å². The molecule has 5 aromatic carbocycles. The van der Waals surface area contributed by atoms with Crippen LogP contribution in [0.25, 0.3) is 0 Å². The van der Waals surface area contributed by atoms with Gasteiger partial charge >= 0.3 is 0 Å². The average molecular weight is 672 g/mol. The first kappa shape index (κ1) is 36.9. The van der Waals surface area contributed by atoms with E-state index in [1.807, 2.05) is 146 Å². The van der Waals surface area contributed by atoms with Gasteiger partial charge in [0.15, 0.2) is 0 Å². The topological polar surface area (TPSA) is 69.2 Å². The molecule has 0 aromatic heterocycles. The first-order valence-electron chi connectivity index (χ1n) is 17.3. The van der Waals surface area contributed by atoms with Crippen molar-refractivity contribution < 1.29 is 24.1 Å². The van der Waals surface area contributed by atoms with E-state index >= 15 is 0 Å². The van der Waals surface area contributed by atoms with E-state index in [9.17, 15) is 5.11 Å². The Hall–Kier alpha value is -4.40. The fraction of sp³-hybridized carbons (Fsp3) is 0.273. The van der Waals surface area contributed by atoms with Crippen LogP contribution in [0.4, 0.5) is 0 Å². The molecule has 0 aliphatic heterocycles. The predicted molar refractivity (Wildman–Crippen MR) is 199 cm³/mol. The van der Waals surface area contributed by atoms with E-state index in [2.05, 4.69) is 24.0 Å². The van der Waals surface area contributed by atoms with Crippen molar-refractivity contribution in [1.82, 2.24) is 5.32 Å². The Morgan fingerprint density at radius 3 is 1.32 bits per heavy atom. The summed E-state index contributed by atoms with van der Waals surface area (Å²) in [5.74, 6) is 0. The summed E-state index contributed by atoms with van der Waals surface area (Å²) < 4.78 is 26.5. The van der Waals surface area contributed by atoms with Crippen molar-refractivity contribution in [3.63, 3.8) is 0 Å². The second kappa shape index (κ2) is 21.0. The Morgan fingerprint density at radius 2 is 0.880 bits per heavy atom. The van der Waals surface area contributed by atoms with E-state index in [1.54, 1.807) is 0 Å². The van der Waals surface area contributed by atoms with Crippen LogP contribution in [-0.4, -0.2) is 42.2 Å². The summed E-state index contributed by atoms with van der Waals surface area (Å²) in [6.45, 7) is 6.07. The number of hydrogen-bond donors (Lipinski definition) is 2. The molecule has 0 bridgehead atoms. The van der Waals surface area contributed by atoms with E-state index in [0.717, 1.165) is 27.8 Å². The van der Waals surface area contributed by atoms with Crippen LogP contribution in [-0.2, 0) is 51.9 Å². The molecule has 0 saturated carbocycles. The lowest BCUT2D eigenvalue weighted by Gasteiger charge is -2.39. The molecule has 0 aliphatic rings. The maximum absolute atomic E-state index is 12.0. The van der Waals surface area contributed by atoms with Crippen molar-refractivity contribution in [2.45, 2.75) is 69.9 Å². The van der Waals surface area contributed by atoms with Crippen LogP contribution in [0.5, 0.6) is 0 Å². The second-order valence-electron chi connectivity index (χ2n) is 12.3. The highest BCUT2D eigenvalue weighted by molar-refractivity contribution is 5.17. The quantitative estimate of drug-likeness (QED) is 0.0726. The van der Waals surface area contributed by atoms with Crippen molar-refractivity contribution in [2.24, 2.45) is 0 Å². The number of aliphatic hydroxyl groups excluding tert-OH is 1. The molecule has 0 heterocycles. The first-order chi connectivity index (χ1) is 24.7. The van der Waals surface area contributed by atoms with E-state index in [1.165, 1.54) is 0 Å². The molecule has 0 spiro atoms. The molecule has 0 unspecified atom stereocenters. The van der Waals surface area contributed by atoms with Crippen LogP contribution < -0.4 is 5.32 Å². The summed E-state index contributed by atoms with van der Waals surface area (Å²) in [4.78, 5) is 0. The van der Waals surface area contributed by atoms with Crippen LogP contribution in [0, 0.1) is 0 Å². The molecule has 0 radical (unpaired) electrons. The molecule has 260 valence electrons. The maximum atomic E-state index is 12.0. The number of rotatable bonds is 22. The molecule has 0 aliphatic carbocycles. The Morgan fingerprint density at radius 1 is 0.500 bits per heavy atom. The minimum atomic E-state index is -1.02. The van der Waals surface area contributed by atoms with Crippen LogP contribution in [0.1, 0.15) is 34.2 Å². The molecule has 0 fully saturated rings. The van der Waals surface area contributed by atoms with Gasteiger partial charge in [-0.1, -0.05) is 158 Å². The van der Waals surface area contributed by atoms with Crippen molar-refractivity contribution in [3.05, 3.63) is 192 Å². The van der Waals surface area contributed by atoms with E-state index < -0.39 is 24.4 Å². The summed E-state index contributed by atoms with van der Waals surface area (Å²) in [6, 6.07) is 50.1. The van der Waals surface area contributed by atoms with Crippen LogP contribution in [0.15, 0.2) is 164 Å². The Balaban J connectivity index is 1.48. The lowest BCUT2D eigenvalue weighted by atomic mass is 9.94. The van der Waals surface area contributed by atoms with Gasteiger partial charge < -0.3 is 29.4 Å². The monoisotopic (exact) mass is 671 g/mol. The minimum absolute atomic E-state index is 0.0501. The van der Waals surface area contributed by atoms with Crippen LogP contribution in [0.3, 0.4) is 0 Å². The summed E-state index contributed by atoms with van der Waals surface area (Å²) in [7, 11) is 0. The maximum Gasteiger partial charge on any atom is 0.115 e. The van der Waals surface area contributed by atoms with Crippen LogP contribution >= 0.6 is 0 Å². The van der Waals surface area contributed by atoms with Gasteiger partial charge in [-0.25, -0.2) is 0 Å². The molecular formula is C44H49NO5. The SMILES string of the molecule is C=CC[C@@H](NCc1ccccc1)[C@H](OCc1ccccc1)[C@@H](OCc1ccccc1)[C@H](OCc1ccccc1)[C@H](O)COCc1ccccc1. The average Bonchev–Trinajstić information content (AvgIpc) is 3.17. The molecule has 0 saturated heterocycles. The largest absolute Gasteiger partial charge is 0.388 e. The number of benzene rings is 5. The van der Waals surface area contributed by atoms with Crippen molar-refractivity contribution in [1.29, 1.82) is 0 Å². The first-order valence-corrected chi connectivity index (χ1v) is 17.3. The third-order valence-electron chi connectivity index (χ3n) is 8.51. The predicted octanol–water partition coefficient (Wildman–Crippen LogP) is 8.05. The standard InChI is InChI=1S/C44H49NO5/c1-2-18-40(45-29-35-19-8-3-9-20-35)42(48-31-37-23-12-5-13-24-37)44(50-33-39-27-16-7-17-28-39)43(49-32-38-25-14-6-15-26-38)41(46)34-47-30-36-21-10-4-11-22-36/h2-17,19-28,40-46H,1,18,29-34H2/t40-,41-,42+,43-,44-/m1/s1. The zero-order valence-electron chi connectivity index (χ0n) is 28.6. The van der Waals surface area contributed by atoms with Gasteiger partial charge in [-0.15, -0.1) is 6.58 Å². The molecule has 5 atom stereocenters. The molecule has 6 nitrogen and oxygen atoms in total. The third kappa shape index (κ3) is 12.2. The minimum Gasteiger partial charge on any atom is -0.388 e. The van der Waals surface area contributed by atoms with E-state index in [-0.39, 0.29) is 19.3 Å². The van der Waals surface area contributed by atoms with Crippen LogP contribution in [0.2, 0.25) is 0 Å². The van der Waals surface area contributed by atoms with Crippen molar-refractivity contribution in [3.8, 4) is 0 Å². The lowest BCUT2D eigenvalue weighted by Crippen LogP contribution is -2.56. The molecule has 2 N–H and O–H groups in total. The summed E-state index contributed by atoms with van der Waals surface area (Å²) in [5, 5.41) is 15.7. The molecule has 50 heavy (non-hydrogen) atoms. The zero-order chi connectivity index (χ0) is 34.6. The fourth-order valence-electron chi connectivity index (χ4n) is 5.87. The van der Waals surface area contributed by atoms with Gasteiger partial charge in [0.1, 0.15) is 24.4 Å². The van der Waals surface area contributed by atoms with Gasteiger partial charge in [0.05, 0.1) is 33.0 Å². The number of hydrogen-bond acceptors (Lipinski definition) is 6. The smallest absolute Gasteiger partial charge is 0.115 e. The van der Waals surface area contributed by atoms with Gasteiger partial charge in [0.2, 0.25) is 0 Å². The molecule has 5 aromatic rings. The normalized spacial score (nSPS) is 14.3. The van der Waals surface area contributed by atoms with Gasteiger partial charge in [-0.2, -0.15) is 0 Å². The van der Waals surface area contributed by atoms with Crippen molar-refractivity contribution >= 4 is 0 Å². The highest BCUT2D eigenvalue weighted by Crippen LogP contribution is 2.25. The summed E-state index contributed by atoms with van der Waals surface area (Å²) in [6.07, 6.45) is -0.583. The lowest BCUT2D eigenvalue weighted by molar-refractivity contribution is -0.193. The summed E-state index contributed by atoms with van der Waals surface area (Å²) in [5.41, 5.74) is 5.21. The Labute approximate surface area is 297 Å². The Kier molecular flexibility index (Phi) is 15.5. The highest BCUT2D eigenvalue weighted by Gasteiger charge is 2.40. The van der Waals surface area contributed by atoms with Crippen molar-refractivity contribution in [2.75, 3.05) is 6.61 Å². The molecular weight excluding hydrogens is 622 g/mol. The number of aliphatic hydroxyl groups is 1. The van der Waals surface area contributed by atoms with Gasteiger partial charge in [-0.3, -0.25) is 0 Å². The fourth-order valence-corrected chi connectivity index (χ4v) is 5.87. The second-order valence-corrected chi connectivity index (χ2v) is 12.3. The number of ether oxygens (including phenoxy) is 4. The van der Waals surface area contributed by atoms with Gasteiger partial charge in [0, 0.05) is 12.6 Å².